The minimum atomic E-state index is -4.07. The van der Waals surface area contributed by atoms with Gasteiger partial charge in [-0.3, -0.25) is 9.40 Å². The van der Waals surface area contributed by atoms with Crippen LogP contribution in [0.4, 0.5) is 5.82 Å². The number of rotatable bonds is 4. The molecular weight excluding hydrogens is 341 g/mol. The fourth-order valence-corrected chi connectivity index (χ4v) is 3.51. The van der Waals surface area contributed by atoms with Crippen LogP contribution in [-0.4, -0.2) is 29.3 Å². The normalized spacial score (nSPS) is 11.4. The van der Waals surface area contributed by atoms with Crippen LogP contribution in [0, 0.1) is 0 Å². The number of sulfonamides is 1. The first kappa shape index (κ1) is 15.6. The first-order chi connectivity index (χ1) is 9.72. The quantitative estimate of drug-likeness (QED) is 0.881. The molecule has 0 amide bonds. The predicted octanol–water partition coefficient (Wildman–Crippen LogP) is 2.23. The minimum Gasteiger partial charge on any atom is -0.478 e. The van der Waals surface area contributed by atoms with E-state index in [-0.39, 0.29) is 26.3 Å². The second-order valence-corrected chi connectivity index (χ2v) is 6.48. The van der Waals surface area contributed by atoms with Crippen molar-refractivity contribution in [2.45, 2.75) is 4.90 Å². The summed E-state index contributed by atoms with van der Waals surface area (Å²) in [6.45, 7) is 0. The molecule has 1 aromatic heterocycles. The summed E-state index contributed by atoms with van der Waals surface area (Å²) in [7, 11) is -2.53. The Bertz CT molecular complexity index is 817. The van der Waals surface area contributed by atoms with Crippen molar-refractivity contribution in [2.24, 2.45) is 7.05 Å². The van der Waals surface area contributed by atoms with Crippen molar-refractivity contribution in [3.63, 3.8) is 0 Å². The fourth-order valence-electron chi connectivity index (χ4n) is 1.57. The lowest BCUT2D eigenvalue weighted by Gasteiger charge is -2.11. The Labute approximate surface area is 130 Å². The zero-order valence-corrected chi connectivity index (χ0v) is 12.9. The maximum absolute atomic E-state index is 12.3. The number of aromatic carboxylic acids is 1. The molecule has 1 heterocycles. The van der Waals surface area contributed by atoms with Crippen molar-refractivity contribution < 1.29 is 18.3 Å². The molecule has 0 spiro atoms. The van der Waals surface area contributed by atoms with Gasteiger partial charge in [-0.05, 0) is 12.1 Å². The molecule has 21 heavy (non-hydrogen) atoms. The Morgan fingerprint density at radius 3 is 2.52 bits per heavy atom. The van der Waals surface area contributed by atoms with Gasteiger partial charge >= 0.3 is 5.97 Å². The van der Waals surface area contributed by atoms with Gasteiger partial charge in [-0.1, -0.05) is 23.2 Å². The van der Waals surface area contributed by atoms with Gasteiger partial charge in [-0.25, -0.2) is 13.2 Å². The SMILES string of the molecule is Cn1nccc1NS(=O)(=O)c1cc(C(=O)O)c(Cl)cc1Cl. The molecule has 0 saturated carbocycles. The lowest BCUT2D eigenvalue weighted by molar-refractivity contribution is 0.0697. The van der Waals surface area contributed by atoms with Gasteiger partial charge in [-0.2, -0.15) is 5.10 Å². The smallest absolute Gasteiger partial charge is 0.337 e. The van der Waals surface area contributed by atoms with Gasteiger partial charge < -0.3 is 5.11 Å². The molecular formula is C11H9Cl2N3O4S. The molecule has 7 nitrogen and oxygen atoms in total. The van der Waals surface area contributed by atoms with E-state index < -0.39 is 16.0 Å². The second kappa shape index (κ2) is 5.55. The summed E-state index contributed by atoms with van der Waals surface area (Å²) >= 11 is 11.6. The number of carboxylic acids is 1. The van der Waals surface area contributed by atoms with Gasteiger partial charge in [0.05, 0.1) is 21.8 Å². The summed E-state index contributed by atoms with van der Waals surface area (Å²) < 4.78 is 28.1. The van der Waals surface area contributed by atoms with Gasteiger partial charge in [-0.15, -0.1) is 0 Å². The van der Waals surface area contributed by atoms with E-state index >= 15 is 0 Å². The first-order valence-electron chi connectivity index (χ1n) is 5.45. The number of nitrogens with one attached hydrogen (secondary N) is 1. The largest absolute Gasteiger partial charge is 0.478 e. The van der Waals surface area contributed by atoms with Gasteiger partial charge in [0.1, 0.15) is 10.7 Å². The topological polar surface area (TPSA) is 101 Å². The summed E-state index contributed by atoms with van der Waals surface area (Å²) in [4.78, 5) is 10.6. The van der Waals surface area contributed by atoms with Crippen LogP contribution in [0.1, 0.15) is 10.4 Å². The van der Waals surface area contributed by atoms with E-state index in [1.54, 1.807) is 7.05 Å². The minimum absolute atomic E-state index is 0.146. The molecule has 2 aromatic rings. The molecule has 0 atom stereocenters. The molecule has 10 heteroatoms. The third-order valence-electron chi connectivity index (χ3n) is 2.60. The Kier molecular flexibility index (Phi) is 4.13. The summed E-state index contributed by atoms with van der Waals surface area (Å²) in [6, 6.07) is 3.43. The Balaban J connectivity index is 2.52. The van der Waals surface area contributed by atoms with E-state index in [0.717, 1.165) is 12.1 Å². The third kappa shape index (κ3) is 3.12. The molecule has 2 rings (SSSR count). The predicted molar refractivity (Wildman–Crippen MR) is 77.4 cm³/mol. The van der Waals surface area contributed by atoms with Gasteiger partial charge in [0.15, 0.2) is 0 Å². The van der Waals surface area contributed by atoms with E-state index in [4.69, 9.17) is 28.3 Å². The van der Waals surface area contributed by atoms with Crippen LogP contribution in [0.2, 0.25) is 10.0 Å². The highest BCUT2D eigenvalue weighted by Crippen LogP contribution is 2.29. The zero-order chi connectivity index (χ0) is 15.8. The second-order valence-electron chi connectivity index (χ2n) is 4.01. The van der Waals surface area contributed by atoms with Gasteiger partial charge in [0.2, 0.25) is 0 Å². The van der Waals surface area contributed by atoms with Crippen LogP contribution in [0.3, 0.4) is 0 Å². The monoisotopic (exact) mass is 349 g/mol. The highest BCUT2D eigenvalue weighted by molar-refractivity contribution is 7.92. The fraction of sp³-hybridized carbons (Fsp3) is 0.0909. The third-order valence-corrected chi connectivity index (χ3v) is 4.73. The maximum Gasteiger partial charge on any atom is 0.337 e. The number of hydrogen-bond acceptors (Lipinski definition) is 4. The zero-order valence-electron chi connectivity index (χ0n) is 10.5. The van der Waals surface area contributed by atoms with Crippen molar-refractivity contribution in [1.29, 1.82) is 0 Å². The number of benzene rings is 1. The number of hydrogen-bond donors (Lipinski definition) is 2. The molecule has 0 unspecified atom stereocenters. The van der Waals surface area contributed by atoms with Crippen LogP contribution >= 0.6 is 23.2 Å². The molecule has 0 saturated heterocycles. The standard InChI is InChI=1S/C11H9Cl2N3O4S/c1-16-10(2-3-14-16)15-21(19,20)9-4-6(11(17)18)7(12)5-8(9)13/h2-5,15H,1H3,(H,17,18). The summed E-state index contributed by atoms with van der Waals surface area (Å²) in [5.74, 6) is -1.15. The molecule has 2 N–H and O–H groups in total. The van der Waals surface area contributed by atoms with Crippen LogP contribution < -0.4 is 4.72 Å². The molecule has 0 bridgehead atoms. The van der Waals surface area contributed by atoms with E-state index in [9.17, 15) is 13.2 Å². The molecule has 112 valence electrons. The highest BCUT2D eigenvalue weighted by atomic mass is 35.5. The van der Waals surface area contributed by atoms with E-state index in [1.165, 1.54) is 16.9 Å². The Morgan fingerprint density at radius 1 is 1.33 bits per heavy atom. The molecule has 0 aliphatic carbocycles. The Morgan fingerprint density at radius 2 is 2.00 bits per heavy atom. The van der Waals surface area contributed by atoms with Crippen molar-refractivity contribution >= 4 is 45.0 Å². The van der Waals surface area contributed by atoms with Crippen LogP contribution in [0.5, 0.6) is 0 Å². The number of aryl methyl sites for hydroxylation is 1. The highest BCUT2D eigenvalue weighted by Gasteiger charge is 2.23. The number of carboxylic acid groups (broad SMARTS) is 1. The van der Waals surface area contributed by atoms with Crippen molar-refractivity contribution in [1.82, 2.24) is 9.78 Å². The lowest BCUT2D eigenvalue weighted by atomic mass is 10.2. The molecule has 0 aliphatic heterocycles. The summed E-state index contributed by atoms with van der Waals surface area (Å²) in [5, 5.41) is 12.5. The van der Waals surface area contributed by atoms with E-state index in [1.807, 2.05) is 0 Å². The van der Waals surface area contributed by atoms with Crippen molar-refractivity contribution in [2.75, 3.05) is 4.72 Å². The van der Waals surface area contributed by atoms with E-state index in [0.29, 0.717) is 0 Å². The number of anilines is 1. The van der Waals surface area contributed by atoms with Gasteiger partial charge in [0, 0.05) is 13.1 Å². The molecule has 0 fully saturated rings. The maximum atomic E-state index is 12.3. The lowest BCUT2D eigenvalue weighted by Crippen LogP contribution is -2.16. The average molecular weight is 350 g/mol. The van der Waals surface area contributed by atoms with Crippen LogP contribution in [0.15, 0.2) is 29.3 Å². The first-order valence-corrected chi connectivity index (χ1v) is 7.69. The average Bonchev–Trinajstić information content (AvgIpc) is 2.73. The van der Waals surface area contributed by atoms with Gasteiger partial charge in [0.25, 0.3) is 10.0 Å². The van der Waals surface area contributed by atoms with Crippen LogP contribution in [-0.2, 0) is 17.1 Å². The van der Waals surface area contributed by atoms with E-state index in [2.05, 4.69) is 9.82 Å². The van der Waals surface area contributed by atoms with Crippen LogP contribution in [0.25, 0.3) is 0 Å². The number of nitrogens with zero attached hydrogens (tertiary/aromatic N) is 2. The molecule has 1 aromatic carbocycles. The summed E-state index contributed by atoms with van der Waals surface area (Å²) in [6.07, 6.45) is 1.41. The number of halogens is 2. The molecule has 0 aliphatic rings. The Hall–Kier alpha value is -1.77. The number of carbonyl (C=O) groups is 1. The van der Waals surface area contributed by atoms with Crippen molar-refractivity contribution in [3.05, 3.63) is 40.0 Å². The molecule has 0 radical (unpaired) electrons. The van der Waals surface area contributed by atoms with Crippen molar-refractivity contribution in [3.8, 4) is 0 Å². The summed E-state index contributed by atoms with van der Waals surface area (Å²) in [5.41, 5.74) is -0.355. The number of aromatic nitrogens is 2.